The Bertz CT molecular complexity index is 711. The van der Waals surface area contributed by atoms with Crippen molar-refractivity contribution in [1.29, 1.82) is 0 Å². The molecular formula is C17H17NO. The summed E-state index contributed by atoms with van der Waals surface area (Å²) in [6, 6.07) is 16.6. The number of nitrogens with zero attached hydrogens (tertiary/aromatic N) is 1. The summed E-state index contributed by atoms with van der Waals surface area (Å²) in [6.07, 6.45) is 0. The molecule has 2 heteroatoms. The zero-order valence-electron chi connectivity index (χ0n) is 11.5. The molecule has 1 heterocycles. The van der Waals surface area contributed by atoms with Crippen molar-refractivity contribution in [2.75, 3.05) is 19.0 Å². The molecule has 2 aromatic carbocycles. The Balaban J connectivity index is 2.18. The maximum Gasteiger partial charge on any atom is 0.137 e. The normalized spacial score (nSPS) is 10.9. The topological polar surface area (TPSA) is 16.4 Å². The van der Waals surface area contributed by atoms with Crippen LogP contribution in [0.4, 0.5) is 5.69 Å². The molecule has 1 aromatic heterocycles. The lowest BCUT2D eigenvalue weighted by Gasteiger charge is -2.12. The maximum atomic E-state index is 6.00. The van der Waals surface area contributed by atoms with Gasteiger partial charge in [0.2, 0.25) is 0 Å². The Kier molecular flexibility index (Phi) is 2.79. The van der Waals surface area contributed by atoms with Gasteiger partial charge in [-0.3, -0.25) is 0 Å². The highest BCUT2D eigenvalue weighted by atomic mass is 16.3. The Morgan fingerprint density at radius 3 is 2.37 bits per heavy atom. The van der Waals surface area contributed by atoms with E-state index in [1.54, 1.807) is 0 Å². The molecule has 96 valence electrons. The molecule has 0 fully saturated rings. The molecule has 2 nitrogen and oxygen atoms in total. The number of anilines is 1. The second-order valence-electron chi connectivity index (χ2n) is 5.05. The van der Waals surface area contributed by atoms with E-state index in [0.717, 1.165) is 22.3 Å². The van der Waals surface area contributed by atoms with Gasteiger partial charge >= 0.3 is 0 Å². The summed E-state index contributed by atoms with van der Waals surface area (Å²) < 4.78 is 6.00. The standard InChI is InChI=1S/C17H17NO/c1-12-9-15(18(2)3)10-14-11-16(19-17(12)14)13-7-5-4-6-8-13/h4-11H,1-3H3. The van der Waals surface area contributed by atoms with Gasteiger partial charge in [-0.2, -0.15) is 0 Å². The molecule has 0 saturated carbocycles. The second-order valence-corrected chi connectivity index (χ2v) is 5.05. The molecule has 19 heavy (non-hydrogen) atoms. The third-order valence-electron chi connectivity index (χ3n) is 3.36. The van der Waals surface area contributed by atoms with Crippen LogP contribution in [0.1, 0.15) is 5.56 Å². The summed E-state index contributed by atoms with van der Waals surface area (Å²) >= 11 is 0. The number of aryl methyl sites for hydroxylation is 1. The van der Waals surface area contributed by atoms with Crippen molar-refractivity contribution in [1.82, 2.24) is 0 Å². The van der Waals surface area contributed by atoms with Crippen LogP contribution in [0.15, 0.2) is 52.9 Å². The predicted molar refractivity (Wildman–Crippen MR) is 80.7 cm³/mol. The van der Waals surface area contributed by atoms with E-state index in [-0.39, 0.29) is 0 Å². The quantitative estimate of drug-likeness (QED) is 0.668. The van der Waals surface area contributed by atoms with Crippen molar-refractivity contribution in [3.8, 4) is 11.3 Å². The molecule has 0 spiro atoms. The van der Waals surface area contributed by atoms with Crippen molar-refractivity contribution < 1.29 is 4.42 Å². The summed E-state index contributed by atoms with van der Waals surface area (Å²) in [5.41, 5.74) is 4.46. The van der Waals surface area contributed by atoms with Gasteiger partial charge in [-0.05, 0) is 30.7 Å². The molecule has 0 amide bonds. The van der Waals surface area contributed by atoms with Gasteiger partial charge in [-0.1, -0.05) is 30.3 Å². The number of benzene rings is 2. The molecule has 3 aromatic rings. The molecule has 0 atom stereocenters. The number of furan rings is 1. The van der Waals surface area contributed by atoms with Gasteiger partial charge < -0.3 is 9.32 Å². The second kappa shape index (κ2) is 4.47. The van der Waals surface area contributed by atoms with Crippen LogP contribution in [0.25, 0.3) is 22.3 Å². The fourth-order valence-electron chi connectivity index (χ4n) is 2.31. The SMILES string of the molecule is Cc1cc(N(C)C)cc2cc(-c3ccccc3)oc12. The summed E-state index contributed by atoms with van der Waals surface area (Å²) in [7, 11) is 4.11. The number of rotatable bonds is 2. The number of fused-ring (bicyclic) bond motifs is 1. The van der Waals surface area contributed by atoms with Gasteiger partial charge in [0.05, 0.1) is 0 Å². The Labute approximate surface area is 113 Å². The third-order valence-corrected chi connectivity index (χ3v) is 3.36. The minimum absolute atomic E-state index is 0.926. The molecule has 0 unspecified atom stereocenters. The first-order valence-electron chi connectivity index (χ1n) is 6.42. The van der Waals surface area contributed by atoms with Crippen LogP contribution in [-0.2, 0) is 0 Å². The fourth-order valence-corrected chi connectivity index (χ4v) is 2.31. The predicted octanol–water partition coefficient (Wildman–Crippen LogP) is 4.47. The van der Waals surface area contributed by atoms with E-state index in [0.29, 0.717) is 0 Å². The Morgan fingerprint density at radius 1 is 0.947 bits per heavy atom. The molecular weight excluding hydrogens is 234 g/mol. The average Bonchev–Trinajstić information content (AvgIpc) is 2.84. The minimum Gasteiger partial charge on any atom is -0.456 e. The molecule has 0 radical (unpaired) electrons. The zero-order chi connectivity index (χ0) is 13.4. The van der Waals surface area contributed by atoms with Crippen molar-refractivity contribution in [3.05, 3.63) is 54.1 Å². The van der Waals surface area contributed by atoms with Crippen LogP contribution in [0.3, 0.4) is 0 Å². The van der Waals surface area contributed by atoms with Crippen LogP contribution in [-0.4, -0.2) is 14.1 Å². The molecule has 0 N–H and O–H groups in total. The Hall–Kier alpha value is -2.22. The maximum absolute atomic E-state index is 6.00. The van der Waals surface area contributed by atoms with Crippen LogP contribution in [0, 0.1) is 6.92 Å². The lowest BCUT2D eigenvalue weighted by atomic mass is 10.1. The van der Waals surface area contributed by atoms with Crippen molar-refractivity contribution in [2.24, 2.45) is 0 Å². The minimum atomic E-state index is 0.926. The third kappa shape index (κ3) is 2.10. The molecule has 0 aliphatic heterocycles. The van der Waals surface area contributed by atoms with E-state index < -0.39 is 0 Å². The number of hydrogen-bond acceptors (Lipinski definition) is 2. The summed E-state index contributed by atoms with van der Waals surface area (Å²) in [4.78, 5) is 2.11. The highest BCUT2D eigenvalue weighted by Gasteiger charge is 2.10. The van der Waals surface area contributed by atoms with E-state index >= 15 is 0 Å². The van der Waals surface area contributed by atoms with Crippen molar-refractivity contribution in [2.45, 2.75) is 6.92 Å². The van der Waals surface area contributed by atoms with Crippen molar-refractivity contribution in [3.63, 3.8) is 0 Å². The smallest absolute Gasteiger partial charge is 0.137 e. The molecule has 3 rings (SSSR count). The van der Waals surface area contributed by atoms with Crippen LogP contribution < -0.4 is 4.90 Å². The number of hydrogen-bond donors (Lipinski definition) is 0. The van der Waals surface area contributed by atoms with Gasteiger partial charge in [0.15, 0.2) is 0 Å². The summed E-state index contributed by atoms with van der Waals surface area (Å²) in [5, 5.41) is 1.16. The van der Waals surface area contributed by atoms with Gasteiger partial charge in [-0.25, -0.2) is 0 Å². The monoisotopic (exact) mass is 251 g/mol. The van der Waals surface area contributed by atoms with Crippen molar-refractivity contribution >= 4 is 16.7 Å². The van der Waals surface area contributed by atoms with E-state index in [1.807, 2.05) is 18.2 Å². The largest absolute Gasteiger partial charge is 0.456 e. The van der Waals surface area contributed by atoms with E-state index in [2.05, 4.69) is 56.3 Å². The molecule has 0 aliphatic rings. The Morgan fingerprint density at radius 2 is 1.68 bits per heavy atom. The first-order chi connectivity index (χ1) is 9.15. The summed E-state index contributed by atoms with van der Waals surface area (Å²) in [6.45, 7) is 2.09. The molecule has 0 bridgehead atoms. The lowest BCUT2D eigenvalue weighted by molar-refractivity contribution is 0.629. The molecule has 0 saturated heterocycles. The van der Waals surface area contributed by atoms with E-state index in [9.17, 15) is 0 Å². The highest BCUT2D eigenvalue weighted by molar-refractivity contribution is 5.88. The van der Waals surface area contributed by atoms with Gasteiger partial charge in [0.1, 0.15) is 11.3 Å². The van der Waals surface area contributed by atoms with E-state index in [1.165, 1.54) is 11.3 Å². The van der Waals surface area contributed by atoms with Gasteiger partial charge in [-0.15, -0.1) is 0 Å². The summed E-state index contributed by atoms with van der Waals surface area (Å²) in [5.74, 6) is 0.926. The fraction of sp³-hybridized carbons (Fsp3) is 0.176. The van der Waals surface area contributed by atoms with Crippen LogP contribution >= 0.6 is 0 Å². The van der Waals surface area contributed by atoms with E-state index in [4.69, 9.17) is 4.42 Å². The zero-order valence-corrected chi connectivity index (χ0v) is 11.5. The first-order valence-corrected chi connectivity index (χ1v) is 6.42. The van der Waals surface area contributed by atoms with Gasteiger partial charge in [0.25, 0.3) is 0 Å². The first kappa shape index (κ1) is 11.8. The average molecular weight is 251 g/mol. The van der Waals surface area contributed by atoms with Crippen LogP contribution in [0.5, 0.6) is 0 Å². The molecule has 0 aliphatic carbocycles. The van der Waals surface area contributed by atoms with Crippen LogP contribution in [0.2, 0.25) is 0 Å². The lowest BCUT2D eigenvalue weighted by Crippen LogP contribution is -2.08. The van der Waals surface area contributed by atoms with Gasteiger partial charge in [0, 0.05) is 30.7 Å². The highest BCUT2D eigenvalue weighted by Crippen LogP contribution is 2.32.